The molecular formula is C15H19F2N3O. The molecule has 1 amide bonds. The van der Waals surface area contributed by atoms with Crippen molar-refractivity contribution in [2.24, 2.45) is 0 Å². The van der Waals surface area contributed by atoms with E-state index < -0.39 is 18.9 Å². The van der Waals surface area contributed by atoms with Gasteiger partial charge in [0.2, 0.25) is 0 Å². The zero-order valence-corrected chi connectivity index (χ0v) is 12.0. The number of rotatable bonds is 3. The van der Waals surface area contributed by atoms with Gasteiger partial charge < -0.3 is 15.2 Å². The van der Waals surface area contributed by atoms with Crippen molar-refractivity contribution in [1.29, 1.82) is 0 Å². The Balaban J connectivity index is 1.99. The summed E-state index contributed by atoms with van der Waals surface area (Å²) >= 11 is 0. The third-order valence-electron chi connectivity index (χ3n) is 4.14. The summed E-state index contributed by atoms with van der Waals surface area (Å²) < 4.78 is 26.7. The molecule has 1 aromatic rings. The maximum Gasteiger partial charge on any atom is 0.255 e. The Kier molecular flexibility index (Phi) is 3.80. The largest absolute Gasteiger partial charge is 0.346 e. The van der Waals surface area contributed by atoms with Crippen LogP contribution in [0.2, 0.25) is 0 Å². The third-order valence-corrected chi connectivity index (χ3v) is 4.14. The van der Waals surface area contributed by atoms with Crippen molar-refractivity contribution in [2.75, 3.05) is 19.6 Å². The molecular weight excluding hydrogens is 276 g/mol. The molecule has 2 N–H and O–H groups in total. The van der Waals surface area contributed by atoms with Crippen LogP contribution in [0.15, 0.2) is 12.3 Å². The molecule has 0 saturated carbocycles. The topological polar surface area (TPSA) is 46.1 Å². The van der Waals surface area contributed by atoms with Gasteiger partial charge in [-0.15, -0.1) is 0 Å². The Morgan fingerprint density at radius 1 is 1.57 bits per heavy atom. The van der Waals surface area contributed by atoms with E-state index in [9.17, 15) is 13.6 Å². The van der Waals surface area contributed by atoms with Crippen molar-refractivity contribution in [3.8, 4) is 0 Å². The van der Waals surface area contributed by atoms with E-state index in [1.807, 2.05) is 6.20 Å². The van der Waals surface area contributed by atoms with E-state index in [1.165, 1.54) is 5.57 Å². The summed E-state index contributed by atoms with van der Waals surface area (Å²) in [6.45, 7) is 3.89. The maximum atomic E-state index is 12.3. The third kappa shape index (κ3) is 2.60. The lowest BCUT2D eigenvalue weighted by Gasteiger charge is -2.21. The Morgan fingerprint density at radius 2 is 2.38 bits per heavy atom. The highest BCUT2D eigenvalue weighted by atomic mass is 19.3. The minimum atomic E-state index is -2.53. The lowest BCUT2D eigenvalue weighted by atomic mass is 9.86. The second kappa shape index (κ2) is 5.60. The number of alkyl halides is 2. The predicted molar refractivity (Wildman–Crippen MR) is 76.6 cm³/mol. The molecule has 0 fully saturated rings. The lowest BCUT2D eigenvalue weighted by molar-refractivity contribution is 0.0890. The van der Waals surface area contributed by atoms with Gasteiger partial charge in [-0.1, -0.05) is 13.0 Å². The van der Waals surface area contributed by atoms with Crippen LogP contribution in [0.5, 0.6) is 0 Å². The number of nitrogens with one attached hydrogen (secondary N) is 2. The normalized spacial score (nSPS) is 20.8. The number of carbonyl (C=O) groups is 1. The monoisotopic (exact) mass is 295 g/mol. The number of allylic oxidation sites excluding steroid dienone is 1. The van der Waals surface area contributed by atoms with E-state index in [2.05, 4.69) is 28.2 Å². The second-order valence-electron chi connectivity index (χ2n) is 5.64. The molecule has 21 heavy (non-hydrogen) atoms. The van der Waals surface area contributed by atoms with E-state index >= 15 is 0 Å². The highest BCUT2D eigenvalue weighted by molar-refractivity contribution is 5.97. The van der Waals surface area contributed by atoms with Crippen LogP contribution in [0.3, 0.4) is 0 Å². The van der Waals surface area contributed by atoms with E-state index in [4.69, 9.17) is 0 Å². The fourth-order valence-corrected chi connectivity index (χ4v) is 3.16. The van der Waals surface area contributed by atoms with Gasteiger partial charge in [0.15, 0.2) is 0 Å². The molecule has 0 unspecified atom stereocenters. The minimum absolute atomic E-state index is 0.232. The van der Waals surface area contributed by atoms with Crippen molar-refractivity contribution < 1.29 is 13.6 Å². The fourth-order valence-electron chi connectivity index (χ4n) is 3.16. The molecule has 0 saturated heterocycles. The Morgan fingerprint density at radius 3 is 3.14 bits per heavy atom. The molecule has 1 aliphatic heterocycles. The quantitative estimate of drug-likeness (QED) is 0.895. The number of halogens is 2. The van der Waals surface area contributed by atoms with Crippen LogP contribution in [-0.2, 0) is 6.54 Å². The van der Waals surface area contributed by atoms with Crippen LogP contribution in [0.1, 0.15) is 40.9 Å². The van der Waals surface area contributed by atoms with E-state index in [0.717, 1.165) is 37.3 Å². The average molecular weight is 295 g/mol. The summed E-state index contributed by atoms with van der Waals surface area (Å²) in [5.74, 6) is -0.165. The van der Waals surface area contributed by atoms with E-state index in [0.29, 0.717) is 5.56 Å². The van der Waals surface area contributed by atoms with E-state index in [-0.39, 0.29) is 5.92 Å². The highest BCUT2D eigenvalue weighted by Gasteiger charge is 2.29. The number of carbonyl (C=O) groups excluding carboxylic acids is 1. The first-order valence-corrected chi connectivity index (χ1v) is 7.27. The maximum absolute atomic E-state index is 12.3. The van der Waals surface area contributed by atoms with Crippen LogP contribution in [0.25, 0.3) is 5.57 Å². The molecule has 0 spiro atoms. The smallest absolute Gasteiger partial charge is 0.255 e. The molecule has 0 radical (unpaired) electrons. The minimum Gasteiger partial charge on any atom is -0.346 e. The van der Waals surface area contributed by atoms with Gasteiger partial charge in [0.25, 0.3) is 12.3 Å². The van der Waals surface area contributed by atoms with Gasteiger partial charge in [-0.25, -0.2) is 8.78 Å². The summed E-state index contributed by atoms with van der Waals surface area (Å²) in [6, 6.07) is 0. The van der Waals surface area contributed by atoms with Gasteiger partial charge in [-0.3, -0.25) is 4.79 Å². The lowest BCUT2D eigenvalue weighted by Crippen LogP contribution is -2.29. The second-order valence-corrected chi connectivity index (χ2v) is 5.64. The summed E-state index contributed by atoms with van der Waals surface area (Å²) in [4.78, 5) is 12.2. The standard InChI is InChI=1S/C15H19F2N3O/c1-9-2-3-10-6-18-4-5-20-8-11(13(9)14(10)20)15(21)19-7-12(16)17/h3,8-9,12,18H,2,4-7H2,1H3,(H,19,21)/t9-/m1/s1. The number of hydrogen-bond acceptors (Lipinski definition) is 2. The number of amides is 1. The molecule has 2 heterocycles. The molecule has 0 bridgehead atoms. The summed E-state index contributed by atoms with van der Waals surface area (Å²) in [5, 5.41) is 5.68. The SMILES string of the molecule is C[C@@H]1CC=C2CNCCn3cc(C(=O)NCC(F)F)c1c32. The number of aromatic nitrogens is 1. The molecule has 1 atom stereocenters. The molecule has 6 heteroatoms. The number of nitrogens with zero attached hydrogens (tertiary/aromatic N) is 1. The van der Waals surface area contributed by atoms with Crippen LogP contribution >= 0.6 is 0 Å². The van der Waals surface area contributed by atoms with Crippen molar-refractivity contribution >= 4 is 11.5 Å². The van der Waals surface area contributed by atoms with Gasteiger partial charge in [0.1, 0.15) is 0 Å². The van der Waals surface area contributed by atoms with Gasteiger partial charge in [0, 0.05) is 31.5 Å². The number of hydrogen-bond donors (Lipinski definition) is 2. The van der Waals surface area contributed by atoms with Gasteiger partial charge in [-0.2, -0.15) is 0 Å². The van der Waals surface area contributed by atoms with Crippen LogP contribution in [-0.4, -0.2) is 36.5 Å². The molecule has 1 aromatic heterocycles. The van der Waals surface area contributed by atoms with Crippen LogP contribution in [0.4, 0.5) is 8.78 Å². The van der Waals surface area contributed by atoms with Crippen molar-refractivity contribution in [3.63, 3.8) is 0 Å². The zero-order chi connectivity index (χ0) is 15.0. The van der Waals surface area contributed by atoms with Gasteiger partial charge >= 0.3 is 0 Å². The molecule has 114 valence electrons. The summed E-state index contributed by atoms with van der Waals surface area (Å²) in [6.07, 6.45) is 2.38. The Hall–Kier alpha value is -1.69. The summed E-state index contributed by atoms with van der Waals surface area (Å²) in [7, 11) is 0. The van der Waals surface area contributed by atoms with E-state index in [1.54, 1.807) is 0 Å². The van der Waals surface area contributed by atoms with Crippen molar-refractivity contribution in [3.05, 3.63) is 29.1 Å². The Labute approximate surface area is 122 Å². The predicted octanol–water partition coefficient (Wildman–Crippen LogP) is 1.98. The first-order valence-electron chi connectivity index (χ1n) is 7.27. The van der Waals surface area contributed by atoms with Crippen LogP contribution < -0.4 is 10.6 Å². The molecule has 4 nitrogen and oxygen atoms in total. The fraction of sp³-hybridized carbons (Fsp3) is 0.533. The Bertz CT molecular complexity index is 592. The zero-order valence-electron chi connectivity index (χ0n) is 12.0. The van der Waals surface area contributed by atoms with Gasteiger partial charge in [0.05, 0.1) is 12.1 Å². The highest BCUT2D eigenvalue weighted by Crippen LogP contribution is 2.38. The first-order chi connectivity index (χ1) is 10.1. The molecule has 0 aromatic carbocycles. The molecule has 2 aliphatic rings. The van der Waals surface area contributed by atoms with Gasteiger partial charge in [-0.05, 0) is 23.5 Å². The van der Waals surface area contributed by atoms with Crippen molar-refractivity contribution in [2.45, 2.75) is 32.2 Å². The molecule has 3 rings (SSSR count). The first kappa shape index (κ1) is 14.3. The average Bonchev–Trinajstić information content (AvgIpc) is 2.72. The summed E-state index contributed by atoms with van der Waals surface area (Å²) in [5.41, 5.74) is 3.85. The van der Waals surface area contributed by atoms with Crippen LogP contribution in [0, 0.1) is 0 Å². The molecule has 1 aliphatic carbocycles. The van der Waals surface area contributed by atoms with Crippen molar-refractivity contribution in [1.82, 2.24) is 15.2 Å².